The molecule has 1 N–H and O–H groups in total. The second-order valence-electron chi connectivity index (χ2n) is 4.92. The van der Waals surface area contributed by atoms with Gasteiger partial charge in [0.2, 0.25) is 0 Å². The Kier molecular flexibility index (Phi) is 4.21. The Bertz CT molecular complexity index is 305. The number of rotatable bonds is 6. The molecule has 0 aromatic rings. The second-order valence-corrected chi connectivity index (χ2v) is 7.14. The first kappa shape index (κ1) is 12.3. The first-order chi connectivity index (χ1) is 7.66. The van der Waals surface area contributed by atoms with Gasteiger partial charge in [-0.25, -0.2) is 8.42 Å². The van der Waals surface area contributed by atoms with Crippen LogP contribution in [-0.4, -0.2) is 45.7 Å². The predicted octanol–water partition coefficient (Wildman–Crippen LogP) is 0.580. The highest BCUT2D eigenvalue weighted by Crippen LogP contribution is 2.17. The van der Waals surface area contributed by atoms with Crippen molar-refractivity contribution in [3.63, 3.8) is 0 Å². The largest absolute Gasteiger partial charge is 0.378 e. The zero-order valence-electron chi connectivity index (χ0n) is 9.65. The molecule has 94 valence electrons. The van der Waals surface area contributed by atoms with Crippen LogP contribution in [0.4, 0.5) is 0 Å². The summed E-state index contributed by atoms with van der Waals surface area (Å²) in [6.07, 6.45) is 4.22. The molecule has 0 bridgehead atoms. The van der Waals surface area contributed by atoms with E-state index in [-0.39, 0.29) is 0 Å². The van der Waals surface area contributed by atoms with E-state index in [9.17, 15) is 8.42 Å². The fraction of sp³-hybridized carbons (Fsp3) is 1.00. The smallest absolute Gasteiger partial charge is 0.150 e. The van der Waals surface area contributed by atoms with Gasteiger partial charge in [-0.3, -0.25) is 0 Å². The van der Waals surface area contributed by atoms with E-state index in [0.29, 0.717) is 23.5 Å². The molecule has 1 unspecified atom stereocenters. The highest BCUT2D eigenvalue weighted by Gasteiger charge is 2.24. The van der Waals surface area contributed by atoms with E-state index in [1.165, 1.54) is 0 Å². The lowest BCUT2D eigenvalue weighted by Crippen LogP contribution is -2.45. The number of hydrogen-bond acceptors (Lipinski definition) is 4. The van der Waals surface area contributed by atoms with Crippen molar-refractivity contribution in [2.45, 2.75) is 31.8 Å². The monoisotopic (exact) mass is 247 g/mol. The molecule has 5 heteroatoms. The van der Waals surface area contributed by atoms with E-state index in [4.69, 9.17) is 4.74 Å². The lowest BCUT2D eigenvalue weighted by Gasteiger charge is -2.26. The Morgan fingerprint density at radius 1 is 1.31 bits per heavy atom. The van der Waals surface area contributed by atoms with Crippen LogP contribution in [0.1, 0.15) is 25.7 Å². The molecule has 0 aromatic heterocycles. The quantitative estimate of drug-likeness (QED) is 0.746. The fourth-order valence-electron chi connectivity index (χ4n) is 2.31. The van der Waals surface area contributed by atoms with E-state index < -0.39 is 9.84 Å². The molecular formula is C11H21NO3S. The summed E-state index contributed by atoms with van der Waals surface area (Å²) in [6.45, 7) is 2.58. The summed E-state index contributed by atoms with van der Waals surface area (Å²) in [7, 11) is -2.83. The highest BCUT2D eigenvalue weighted by atomic mass is 32.2. The molecule has 2 fully saturated rings. The SMILES string of the molecule is O=S(=O)(CCCC1CCCO1)CC1CNC1. The van der Waals surface area contributed by atoms with E-state index >= 15 is 0 Å². The Balaban J connectivity index is 1.63. The molecule has 4 nitrogen and oxygen atoms in total. The van der Waals surface area contributed by atoms with E-state index in [1.54, 1.807) is 0 Å². The van der Waals surface area contributed by atoms with Crippen LogP contribution in [0.2, 0.25) is 0 Å². The second kappa shape index (κ2) is 5.47. The van der Waals surface area contributed by atoms with Gasteiger partial charge in [0.25, 0.3) is 0 Å². The molecule has 2 heterocycles. The Morgan fingerprint density at radius 2 is 2.12 bits per heavy atom. The molecule has 0 saturated carbocycles. The molecule has 16 heavy (non-hydrogen) atoms. The molecule has 0 radical (unpaired) electrons. The third kappa shape index (κ3) is 3.71. The number of sulfone groups is 1. The van der Waals surface area contributed by atoms with Gasteiger partial charge in [0.15, 0.2) is 9.84 Å². The van der Waals surface area contributed by atoms with Gasteiger partial charge in [0, 0.05) is 19.7 Å². The normalized spacial score (nSPS) is 26.9. The van der Waals surface area contributed by atoms with Crippen LogP contribution in [-0.2, 0) is 14.6 Å². The van der Waals surface area contributed by atoms with Gasteiger partial charge in [-0.1, -0.05) is 0 Å². The average Bonchev–Trinajstić information content (AvgIpc) is 2.64. The maximum Gasteiger partial charge on any atom is 0.150 e. The van der Waals surface area contributed by atoms with Crippen molar-refractivity contribution in [1.29, 1.82) is 0 Å². The van der Waals surface area contributed by atoms with Crippen LogP contribution in [0.15, 0.2) is 0 Å². The van der Waals surface area contributed by atoms with Crippen LogP contribution in [0.5, 0.6) is 0 Å². The van der Waals surface area contributed by atoms with Crippen molar-refractivity contribution >= 4 is 9.84 Å². The van der Waals surface area contributed by atoms with E-state index in [2.05, 4.69) is 5.32 Å². The van der Waals surface area contributed by atoms with Gasteiger partial charge in [-0.2, -0.15) is 0 Å². The topological polar surface area (TPSA) is 55.4 Å². The van der Waals surface area contributed by atoms with Crippen LogP contribution in [0, 0.1) is 5.92 Å². The molecule has 0 aliphatic carbocycles. The predicted molar refractivity (Wildman–Crippen MR) is 63.2 cm³/mol. The molecule has 2 aliphatic rings. The minimum Gasteiger partial charge on any atom is -0.378 e. The summed E-state index contributed by atoms with van der Waals surface area (Å²) in [5.74, 6) is 1.06. The van der Waals surface area contributed by atoms with Crippen molar-refractivity contribution in [3.8, 4) is 0 Å². The maximum atomic E-state index is 11.7. The zero-order chi connectivity index (χ0) is 11.4. The number of ether oxygens (including phenoxy) is 1. The fourth-order valence-corrected chi connectivity index (χ4v) is 4.04. The lowest BCUT2D eigenvalue weighted by atomic mass is 10.1. The zero-order valence-corrected chi connectivity index (χ0v) is 10.5. The third-order valence-electron chi connectivity index (χ3n) is 3.36. The summed E-state index contributed by atoms with van der Waals surface area (Å²) in [5, 5.41) is 3.10. The summed E-state index contributed by atoms with van der Waals surface area (Å²) < 4.78 is 29.0. The Labute approximate surface area is 97.7 Å². The number of hydrogen-bond donors (Lipinski definition) is 1. The van der Waals surface area contributed by atoms with Gasteiger partial charge in [0.1, 0.15) is 0 Å². The lowest BCUT2D eigenvalue weighted by molar-refractivity contribution is 0.104. The van der Waals surface area contributed by atoms with Gasteiger partial charge >= 0.3 is 0 Å². The Hall–Kier alpha value is -0.130. The van der Waals surface area contributed by atoms with Gasteiger partial charge < -0.3 is 10.1 Å². The van der Waals surface area contributed by atoms with Crippen LogP contribution in [0.3, 0.4) is 0 Å². The summed E-state index contributed by atoms with van der Waals surface area (Å²) in [4.78, 5) is 0. The highest BCUT2D eigenvalue weighted by molar-refractivity contribution is 7.91. The van der Waals surface area contributed by atoms with Crippen molar-refractivity contribution in [3.05, 3.63) is 0 Å². The van der Waals surface area contributed by atoms with Crippen LogP contribution in [0.25, 0.3) is 0 Å². The van der Waals surface area contributed by atoms with Gasteiger partial charge in [-0.05, 0) is 31.6 Å². The molecule has 0 amide bonds. The minimum atomic E-state index is -2.83. The Morgan fingerprint density at radius 3 is 2.69 bits per heavy atom. The molecule has 2 rings (SSSR count). The molecule has 0 spiro atoms. The first-order valence-electron chi connectivity index (χ1n) is 6.18. The van der Waals surface area contributed by atoms with Gasteiger partial charge in [-0.15, -0.1) is 0 Å². The van der Waals surface area contributed by atoms with Crippen molar-refractivity contribution in [1.82, 2.24) is 5.32 Å². The molecule has 0 aromatic carbocycles. The molecular weight excluding hydrogens is 226 g/mol. The molecule has 1 atom stereocenters. The van der Waals surface area contributed by atoms with Crippen molar-refractivity contribution in [2.24, 2.45) is 5.92 Å². The summed E-state index contributed by atoms with van der Waals surface area (Å²) in [5.41, 5.74) is 0. The number of nitrogens with one attached hydrogen (secondary N) is 1. The van der Waals surface area contributed by atoms with Crippen LogP contribution >= 0.6 is 0 Å². The third-order valence-corrected chi connectivity index (χ3v) is 5.25. The summed E-state index contributed by atoms with van der Waals surface area (Å²) in [6, 6.07) is 0. The average molecular weight is 247 g/mol. The van der Waals surface area contributed by atoms with E-state index in [1.807, 2.05) is 0 Å². The maximum absolute atomic E-state index is 11.7. The summed E-state index contributed by atoms with van der Waals surface area (Å²) >= 11 is 0. The minimum absolute atomic E-state index is 0.320. The molecule has 2 saturated heterocycles. The standard InChI is InChI=1S/C11H21NO3S/c13-16(14,9-10-7-12-8-10)6-2-4-11-3-1-5-15-11/h10-12H,1-9H2. The van der Waals surface area contributed by atoms with Crippen LogP contribution < -0.4 is 5.32 Å². The van der Waals surface area contributed by atoms with Crippen molar-refractivity contribution in [2.75, 3.05) is 31.2 Å². The van der Waals surface area contributed by atoms with E-state index in [0.717, 1.165) is 45.4 Å². The van der Waals surface area contributed by atoms with Gasteiger partial charge in [0.05, 0.1) is 17.6 Å². The first-order valence-corrected chi connectivity index (χ1v) is 8.00. The van der Waals surface area contributed by atoms with Crippen molar-refractivity contribution < 1.29 is 13.2 Å². The molecule has 2 aliphatic heterocycles.